The van der Waals surface area contributed by atoms with Crippen molar-refractivity contribution in [3.05, 3.63) is 84.4 Å². The van der Waals surface area contributed by atoms with Gasteiger partial charge in [0.1, 0.15) is 11.7 Å². The molecule has 3 aromatic carbocycles. The number of nitrogens with zero attached hydrogens (tertiary/aromatic N) is 3. The molecule has 2 heterocycles. The van der Waals surface area contributed by atoms with Crippen LogP contribution < -0.4 is 19.6 Å². The van der Waals surface area contributed by atoms with Gasteiger partial charge in [0.05, 0.1) is 24.5 Å². The van der Waals surface area contributed by atoms with Gasteiger partial charge < -0.3 is 9.64 Å². The van der Waals surface area contributed by atoms with Crippen LogP contribution in [-0.4, -0.2) is 39.1 Å². The van der Waals surface area contributed by atoms with Crippen LogP contribution in [0.2, 0.25) is 0 Å². The van der Waals surface area contributed by atoms with Crippen molar-refractivity contribution in [1.29, 1.82) is 0 Å². The molecule has 0 aliphatic carbocycles. The number of methoxy groups -OCH3 is 1. The van der Waals surface area contributed by atoms with Crippen molar-refractivity contribution in [3.63, 3.8) is 0 Å². The number of carbonyl (C=O) groups excluding carboxylic acids is 2. The van der Waals surface area contributed by atoms with Gasteiger partial charge in [-0.25, -0.2) is 9.96 Å². The van der Waals surface area contributed by atoms with E-state index < -0.39 is 18.1 Å². The number of ether oxygens (including phenoxy) is 1. The van der Waals surface area contributed by atoms with Crippen molar-refractivity contribution in [2.24, 2.45) is 5.92 Å². The molecule has 5 rings (SSSR count). The standard InChI is InChI=1S/C26H25N3O4/c1-27(2)18-11-9-17(10-12-18)23-22-24(33-29(23)20-7-5-4-6-8-20)26(31)28(25(22)30)19-13-15-21(32-3)16-14-19/h4-16,22-24H,1-3H3/t22-,23+,24+/m0/s1. The number of benzene rings is 3. The zero-order chi connectivity index (χ0) is 23.1. The number of hydrogen-bond acceptors (Lipinski definition) is 6. The molecule has 2 saturated heterocycles. The number of hydrogen-bond donors (Lipinski definition) is 0. The summed E-state index contributed by atoms with van der Waals surface area (Å²) in [5, 5.41) is 1.71. The van der Waals surface area contributed by atoms with Gasteiger partial charge in [0, 0.05) is 19.8 Å². The van der Waals surface area contributed by atoms with Gasteiger partial charge in [-0.15, -0.1) is 0 Å². The van der Waals surface area contributed by atoms with Crippen LogP contribution in [-0.2, 0) is 14.4 Å². The third-order valence-corrected chi connectivity index (χ3v) is 6.21. The lowest BCUT2D eigenvalue weighted by Gasteiger charge is -2.29. The summed E-state index contributed by atoms with van der Waals surface area (Å²) < 4.78 is 5.20. The average Bonchev–Trinajstić information content (AvgIpc) is 3.36. The lowest BCUT2D eigenvalue weighted by Crippen LogP contribution is -2.37. The number of amides is 2. The Balaban J connectivity index is 1.55. The van der Waals surface area contributed by atoms with Gasteiger partial charge in [0.15, 0.2) is 6.10 Å². The summed E-state index contributed by atoms with van der Waals surface area (Å²) >= 11 is 0. The minimum Gasteiger partial charge on any atom is -0.497 e. The number of para-hydroxylation sites is 1. The summed E-state index contributed by atoms with van der Waals surface area (Å²) in [5.41, 5.74) is 3.27. The molecule has 0 bridgehead atoms. The maximum Gasteiger partial charge on any atom is 0.266 e. The number of carbonyl (C=O) groups is 2. The Morgan fingerprint density at radius 3 is 2.09 bits per heavy atom. The predicted octanol–water partition coefficient (Wildman–Crippen LogP) is 3.81. The third kappa shape index (κ3) is 3.50. The van der Waals surface area contributed by atoms with Crippen LogP contribution in [0.25, 0.3) is 0 Å². The van der Waals surface area contributed by atoms with Crippen LogP contribution in [0.15, 0.2) is 78.9 Å². The second kappa shape index (κ2) is 8.26. The zero-order valence-electron chi connectivity index (χ0n) is 18.7. The van der Waals surface area contributed by atoms with E-state index in [0.717, 1.165) is 16.9 Å². The molecule has 7 nitrogen and oxygen atoms in total. The van der Waals surface area contributed by atoms with Crippen LogP contribution >= 0.6 is 0 Å². The number of fused-ring (bicyclic) bond motifs is 1. The Labute approximate surface area is 192 Å². The summed E-state index contributed by atoms with van der Waals surface area (Å²) in [4.78, 5) is 36.4. The Morgan fingerprint density at radius 1 is 0.818 bits per heavy atom. The molecule has 0 unspecified atom stereocenters. The summed E-state index contributed by atoms with van der Waals surface area (Å²) in [6.07, 6.45) is -0.890. The van der Waals surface area contributed by atoms with E-state index in [2.05, 4.69) is 0 Å². The first-order chi connectivity index (χ1) is 16.0. The minimum atomic E-state index is -0.890. The van der Waals surface area contributed by atoms with Crippen molar-refractivity contribution >= 4 is 28.9 Å². The van der Waals surface area contributed by atoms with Crippen LogP contribution in [0, 0.1) is 5.92 Å². The van der Waals surface area contributed by atoms with Gasteiger partial charge in [-0.1, -0.05) is 30.3 Å². The van der Waals surface area contributed by atoms with Crippen molar-refractivity contribution in [2.45, 2.75) is 12.1 Å². The molecule has 0 spiro atoms. The highest BCUT2D eigenvalue weighted by molar-refractivity contribution is 6.23. The summed E-state index contributed by atoms with van der Waals surface area (Å²) in [6.45, 7) is 0. The smallest absolute Gasteiger partial charge is 0.266 e. The molecule has 2 aliphatic heterocycles. The molecule has 3 atom stereocenters. The maximum absolute atomic E-state index is 13.6. The van der Waals surface area contributed by atoms with Crippen molar-refractivity contribution in [2.75, 3.05) is 36.1 Å². The molecule has 7 heteroatoms. The highest BCUT2D eigenvalue weighted by Crippen LogP contribution is 2.47. The first-order valence-corrected chi connectivity index (χ1v) is 10.8. The highest BCUT2D eigenvalue weighted by Gasteiger charge is 2.60. The van der Waals surface area contributed by atoms with Gasteiger partial charge in [0.2, 0.25) is 5.91 Å². The summed E-state index contributed by atoms with van der Waals surface area (Å²) in [7, 11) is 5.53. The fourth-order valence-electron chi connectivity index (χ4n) is 4.51. The van der Waals surface area contributed by atoms with Gasteiger partial charge in [-0.05, 0) is 54.1 Å². The number of rotatable bonds is 5. The van der Waals surface area contributed by atoms with E-state index in [9.17, 15) is 9.59 Å². The molecule has 0 saturated carbocycles. The molecule has 168 valence electrons. The monoisotopic (exact) mass is 443 g/mol. The van der Waals surface area contributed by atoms with E-state index in [1.807, 2.05) is 73.6 Å². The first-order valence-electron chi connectivity index (χ1n) is 10.8. The molecule has 2 amide bonds. The molecule has 0 radical (unpaired) electrons. The molecular formula is C26H25N3O4. The van der Waals surface area contributed by atoms with E-state index in [0.29, 0.717) is 11.4 Å². The first kappa shape index (κ1) is 21.0. The fraction of sp³-hybridized carbons (Fsp3) is 0.231. The van der Waals surface area contributed by atoms with Gasteiger partial charge >= 0.3 is 0 Å². The second-order valence-corrected chi connectivity index (χ2v) is 8.35. The molecule has 2 aliphatic rings. The van der Waals surface area contributed by atoms with Crippen LogP contribution in [0.5, 0.6) is 5.75 Å². The molecule has 33 heavy (non-hydrogen) atoms. The van der Waals surface area contributed by atoms with Crippen molar-refractivity contribution in [1.82, 2.24) is 0 Å². The van der Waals surface area contributed by atoms with Crippen LogP contribution in [0.1, 0.15) is 11.6 Å². The topological polar surface area (TPSA) is 62.3 Å². The lowest BCUT2D eigenvalue weighted by atomic mass is 9.90. The Kier molecular flexibility index (Phi) is 5.26. The number of hydroxylamine groups is 1. The van der Waals surface area contributed by atoms with Gasteiger partial charge in [0.25, 0.3) is 5.91 Å². The number of anilines is 3. The quantitative estimate of drug-likeness (QED) is 0.559. The Hall–Kier alpha value is -3.84. The Morgan fingerprint density at radius 2 is 1.48 bits per heavy atom. The number of imide groups is 1. The van der Waals surface area contributed by atoms with E-state index >= 15 is 0 Å². The zero-order valence-corrected chi connectivity index (χ0v) is 18.7. The second-order valence-electron chi connectivity index (χ2n) is 8.35. The largest absolute Gasteiger partial charge is 0.497 e. The lowest BCUT2D eigenvalue weighted by molar-refractivity contribution is -0.126. The fourth-order valence-corrected chi connectivity index (χ4v) is 4.51. The van der Waals surface area contributed by atoms with Crippen LogP contribution in [0.3, 0.4) is 0 Å². The molecule has 0 N–H and O–H groups in total. The summed E-state index contributed by atoms with van der Waals surface area (Å²) in [6, 6.07) is 24.0. The maximum atomic E-state index is 13.6. The van der Waals surface area contributed by atoms with Crippen LogP contribution in [0.4, 0.5) is 17.1 Å². The van der Waals surface area contributed by atoms with Crippen molar-refractivity contribution in [3.8, 4) is 5.75 Å². The molecule has 0 aromatic heterocycles. The Bertz CT molecular complexity index is 1160. The third-order valence-electron chi connectivity index (χ3n) is 6.21. The van der Waals surface area contributed by atoms with E-state index in [1.54, 1.807) is 36.4 Å². The SMILES string of the molecule is COc1ccc(N2C(=O)[C@H]3[C@@H](c4ccc(N(C)C)cc4)N(c4ccccc4)O[C@H]3C2=O)cc1. The predicted molar refractivity (Wildman–Crippen MR) is 126 cm³/mol. The highest BCUT2D eigenvalue weighted by atomic mass is 16.7. The van der Waals surface area contributed by atoms with E-state index in [-0.39, 0.29) is 11.8 Å². The minimum absolute atomic E-state index is 0.268. The van der Waals surface area contributed by atoms with E-state index in [1.165, 1.54) is 4.90 Å². The normalized spacial score (nSPS) is 22.0. The van der Waals surface area contributed by atoms with Gasteiger partial charge in [-0.3, -0.25) is 14.4 Å². The summed E-state index contributed by atoms with van der Waals surface area (Å²) in [5.74, 6) is -0.632. The average molecular weight is 444 g/mol. The van der Waals surface area contributed by atoms with Gasteiger partial charge in [-0.2, -0.15) is 0 Å². The molecule has 2 fully saturated rings. The molecule has 3 aromatic rings. The van der Waals surface area contributed by atoms with E-state index in [4.69, 9.17) is 9.57 Å². The van der Waals surface area contributed by atoms with Crippen molar-refractivity contribution < 1.29 is 19.2 Å². The molecular weight excluding hydrogens is 418 g/mol.